The van der Waals surface area contributed by atoms with Crippen molar-refractivity contribution in [2.45, 2.75) is 6.92 Å². The molecule has 0 bridgehead atoms. The molecule has 0 radical (unpaired) electrons. The zero-order valence-corrected chi connectivity index (χ0v) is 12.5. The molecule has 4 heteroatoms. The molecule has 2 aromatic rings. The molecule has 0 spiro atoms. The predicted octanol–water partition coefficient (Wildman–Crippen LogP) is 3.63. The van der Waals surface area contributed by atoms with Crippen LogP contribution < -0.4 is 16.0 Å². The van der Waals surface area contributed by atoms with E-state index < -0.39 is 0 Å². The molecular formula is C18H19N3O. The van der Waals surface area contributed by atoms with Crippen molar-refractivity contribution in [3.63, 3.8) is 0 Å². The molecule has 2 amide bonds. The number of nitrogens with one attached hydrogen (secondary N) is 3. The number of rotatable bonds is 3. The van der Waals surface area contributed by atoms with Crippen molar-refractivity contribution in [1.82, 2.24) is 5.32 Å². The van der Waals surface area contributed by atoms with Gasteiger partial charge in [-0.1, -0.05) is 35.9 Å². The minimum Gasteiger partial charge on any atom is -0.309 e. The summed E-state index contributed by atoms with van der Waals surface area (Å²) in [5, 5.41) is 8.85. The quantitative estimate of drug-likeness (QED) is 0.809. The van der Waals surface area contributed by atoms with E-state index in [0.29, 0.717) is 0 Å². The van der Waals surface area contributed by atoms with Gasteiger partial charge in [0.2, 0.25) is 0 Å². The van der Waals surface area contributed by atoms with Gasteiger partial charge in [-0.05, 0) is 42.3 Å². The van der Waals surface area contributed by atoms with E-state index in [1.807, 2.05) is 55.5 Å². The maximum atomic E-state index is 11.9. The molecule has 3 rings (SSSR count). The summed E-state index contributed by atoms with van der Waals surface area (Å²) in [6.07, 6.45) is 2.17. The van der Waals surface area contributed by atoms with Crippen LogP contribution in [0.1, 0.15) is 11.1 Å². The third-order valence-electron chi connectivity index (χ3n) is 3.55. The number of carbonyl (C=O) groups is 1. The Balaban J connectivity index is 1.57. The maximum Gasteiger partial charge on any atom is 0.323 e. The van der Waals surface area contributed by atoms with Crippen LogP contribution in [0.5, 0.6) is 0 Å². The van der Waals surface area contributed by atoms with E-state index in [9.17, 15) is 4.79 Å². The van der Waals surface area contributed by atoms with E-state index in [0.717, 1.165) is 35.6 Å². The fourth-order valence-electron chi connectivity index (χ4n) is 2.20. The zero-order valence-electron chi connectivity index (χ0n) is 12.5. The second-order valence-electron chi connectivity index (χ2n) is 5.47. The van der Waals surface area contributed by atoms with Gasteiger partial charge >= 0.3 is 6.03 Å². The topological polar surface area (TPSA) is 53.2 Å². The first-order valence-corrected chi connectivity index (χ1v) is 7.34. The number of hydrogen-bond acceptors (Lipinski definition) is 2. The first-order valence-electron chi connectivity index (χ1n) is 7.34. The average molecular weight is 293 g/mol. The summed E-state index contributed by atoms with van der Waals surface area (Å²) < 4.78 is 0. The monoisotopic (exact) mass is 293 g/mol. The van der Waals surface area contributed by atoms with Crippen LogP contribution in [0.25, 0.3) is 6.08 Å². The number of benzene rings is 2. The van der Waals surface area contributed by atoms with Crippen LogP contribution in [0.15, 0.2) is 54.1 Å². The minimum absolute atomic E-state index is 0.238. The highest BCUT2D eigenvalue weighted by Crippen LogP contribution is 2.15. The van der Waals surface area contributed by atoms with Gasteiger partial charge < -0.3 is 16.0 Å². The fourth-order valence-corrected chi connectivity index (χ4v) is 2.20. The Labute approximate surface area is 130 Å². The predicted molar refractivity (Wildman–Crippen MR) is 91.1 cm³/mol. The smallest absolute Gasteiger partial charge is 0.309 e. The van der Waals surface area contributed by atoms with Crippen LogP contribution >= 0.6 is 0 Å². The fraction of sp³-hybridized carbons (Fsp3) is 0.167. The second-order valence-corrected chi connectivity index (χ2v) is 5.47. The second kappa shape index (κ2) is 6.45. The third kappa shape index (κ3) is 3.74. The van der Waals surface area contributed by atoms with Crippen molar-refractivity contribution in [3.8, 4) is 0 Å². The Morgan fingerprint density at radius 3 is 2.00 bits per heavy atom. The number of carbonyl (C=O) groups excluding carboxylic acids is 1. The van der Waals surface area contributed by atoms with E-state index in [1.54, 1.807) is 0 Å². The van der Waals surface area contributed by atoms with E-state index in [-0.39, 0.29) is 6.03 Å². The van der Waals surface area contributed by atoms with Gasteiger partial charge in [-0.2, -0.15) is 0 Å². The average Bonchev–Trinajstić information content (AvgIpc) is 2.47. The Morgan fingerprint density at radius 1 is 0.955 bits per heavy atom. The van der Waals surface area contributed by atoms with Gasteiger partial charge in [-0.15, -0.1) is 0 Å². The molecule has 112 valence electrons. The Bertz CT molecular complexity index is 681. The molecule has 0 aromatic heterocycles. The van der Waals surface area contributed by atoms with Gasteiger partial charge in [-0.25, -0.2) is 4.79 Å². The summed E-state index contributed by atoms with van der Waals surface area (Å²) in [6.45, 7) is 3.96. The lowest BCUT2D eigenvalue weighted by molar-refractivity contribution is 0.262. The minimum atomic E-state index is -0.238. The van der Waals surface area contributed by atoms with Crippen molar-refractivity contribution in [2.24, 2.45) is 0 Å². The SMILES string of the molecule is Cc1ccc(NC(=O)Nc2ccc(C=C3CNC3)cc2)cc1. The zero-order chi connectivity index (χ0) is 15.4. The molecule has 0 saturated carbocycles. The number of hydrogen-bond donors (Lipinski definition) is 3. The highest BCUT2D eigenvalue weighted by Gasteiger charge is 2.06. The Morgan fingerprint density at radius 2 is 1.50 bits per heavy atom. The molecule has 4 nitrogen and oxygen atoms in total. The summed E-state index contributed by atoms with van der Waals surface area (Å²) >= 11 is 0. The molecule has 3 N–H and O–H groups in total. The maximum absolute atomic E-state index is 11.9. The van der Waals surface area contributed by atoms with E-state index >= 15 is 0 Å². The van der Waals surface area contributed by atoms with Crippen LogP contribution in [-0.4, -0.2) is 19.1 Å². The number of urea groups is 1. The molecule has 22 heavy (non-hydrogen) atoms. The van der Waals surface area contributed by atoms with Crippen molar-refractivity contribution >= 4 is 23.5 Å². The molecule has 0 aliphatic carbocycles. The molecule has 1 saturated heterocycles. The molecule has 2 aromatic carbocycles. The first-order chi connectivity index (χ1) is 10.7. The number of aryl methyl sites for hydroxylation is 1. The largest absolute Gasteiger partial charge is 0.323 e. The summed E-state index contributed by atoms with van der Waals surface area (Å²) in [4.78, 5) is 11.9. The molecule has 1 aliphatic rings. The highest BCUT2D eigenvalue weighted by atomic mass is 16.2. The lowest BCUT2D eigenvalue weighted by atomic mass is 10.1. The summed E-state index contributed by atoms with van der Waals surface area (Å²) in [5.41, 5.74) is 5.27. The summed E-state index contributed by atoms with van der Waals surface area (Å²) in [6, 6.07) is 15.3. The summed E-state index contributed by atoms with van der Waals surface area (Å²) in [5.74, 6) is 0. The van der Waals surface area contributed by atoms with Crippen LogP contribution in [0, 0.1) is 6.92 Å². The highest BCUT2D eigenvalue weighted by molar-refractivity contribution is 5.99. The molecule has 1 fully saturated rings. The van der Waals surface area contributed by atoms with Gasteiger partial charge in [0.05, 0.1) is 0 Å². The van der Waals surface area contributed by atoms with E-state index in [1.165, 1.54) is 5.57 Å². The Kier molecular flexibility index (Phi) is 4.21. The van der Waals surface area contributed by atoms with Crippen molar-refractivity contribution in [2.75, 3.05) is 23.7 Å². The van der Waals surface area contributed by atoms with Crippen molar-refractivity contribution < 1.29 is 4.79 Å². The molecule has 1 heterocycles. The van der Waals surface area contributed by atoms with E-state index in [4.69, 9.17) is 0 Å². The summed E-state index contributed by atoms with van der Waals surface area (Å²) in [7, 11) is 0. The van der Waals surface area contributed by atoms with Crippen molar-refractivity contribution in [3.05, 3.63) is 65.2 Å². The van der Waals surface area contributed by atoms with Crippen LogP contribution in [0.2, 0.25) is 0 Å². The van der Waals surface area contributed by atoms with E-state index in [2.05, 4.69) is 22.0 Å². The Hall–Kier alpha value is -2.59. The van der Waals surface area contributed by atoms with Crippen LogP contribution in [0.4, 0.5) is 16.2 Å². The normalized spacial score (nSPS) is 13.2. The number of amides is 2. The molecule has 0 unspecified atom stereocenters. The van der Waals surface area contributed by atoms with Gasteiger partial charge in [0, 0.05) is 24.5 Å². The lowest BCUT2D eigenvalue weighted by Crippen LogP contribution is -2.33. The van der Waals surface area contributed by atoms with Crippen LogP contribution in [-0.2, 0) is 0 Å². The molecule has 0 atom stereocenters. The third-order valence-corrected chi connectivity index (χ3v) is 3.55. The number of anilines is 2. The molecule has 1 aliphatic heterocycles. The van der Waals surface area contributed by atoms with Gasteiger partial charge in [0.1, 0.15) is 0 Å². The van der Waals surface area contributed by atoms with Gasteiger partial charge in [0.15, 0.2) is 0 Å². The standard InChI is InChI=1S/C18H19N3O/c1-13-2-6-16(7-3-13)20-18(22)21-17-8-4-14(5-9-17)10-15-11-19-12-15/h2-10,19H,11-12H2,1H3,(H2,20,21,22). The van der Waals surface area contributed by atoms with Crippen molar-refractivity contribution in [1.29, 1.82) is 0 Å². The first kappa shape index (κ1) is 14.4. The lowest BCUT2D eigenvalue weighted by Gasteiger charge is -2.18. The molecular weight excluding hydrogens is 274 g/mol. The van der Waals surface area contributed by atoms with Gasteiger partial charge in [-0.3, -0.25) is 0 Å². The van der Waals surface area contributed by atoms with Crippen LogP contribution in [0.3, 0.4) is 0 Å². The van der Waals surface area contributed by atoms with Gasteiger partial charge in [0.25, 0.3) is 0 Å².